The summed E-state index contributed by atoms with van der Waals surface area (Å²) in [5.74, 6) is 0.671. The van der Waals surface area contributed by atoms with Crippen LogP contribution in [-0.4, -0.2) is 66.0 Å². The molecule has 148 valence electrons. The lowest BCUT2D eigenvalue weighted by molar-refractivity contribution is -0.0511. The number of ether oxygens (including phenoxy) is 1. The average molecular weight is 379 g/mol. The summed E-state index contributed by atoms with van der Waals surface area (Å²) in [6.45, 7) is 3.75. The Labute approximate surface area is 155 Å². The van der Waals surface area contributed by atoms with E-state index < -0.39 is 31.1 Å². The summed E-state index contributed by atoms with van der Waals surface area (Å²) < 4.78 is 6.98. The van der Waals surface area contributed by atoms with Crippen LogP contribution in [0.3, 0.4) is 0 Å². The van der Waals surface area contributed by atoms with Crippen LogP contribution in [0.25, 0.3) is 11.2 Å². The van der Waals surface area contributed by atoms with Crippen molar-refractivity contribution < 1.29 is 20.1 Å². The molecule has 0 amide bonds. The Kier molecular flexibility index (Phi) is 5.85. The average Bonchev–Trinajstić information content (AvgIpc) is 3.21. The fraction of sp³-hybridized carbons (Fsp3) is 0.625. The van der Waals surface area contributed by atoms with E-state index in [0.29, 0.717) is 17.1 Å². The lowest BCUT2D eigenvalue weighted by Crippen LogP contribution is -2.33. The van der Waals surface area contributed by atoms with Crippen LogP contribution in [0.4, 0.5) is 11.8 Å². The van der Waals surface area contributed by atoms with E-state index in [0.717, 1.165) is 12.8 Å². The summed E-state index contributed by atoms with van der Waals surface area (Å²) in [5, 5.41) is 33.6. The second-order valence-electron chi connectivity index (χ2n) is 6.45. The van der Waals surface area contributed by atoms with Crippen molar-refractivity contribution in [2.24, 2.45) is 11.0 Å². The molecule has 1 fully saturated rings. The molecule has 2 aromatic rings. The summed E-state index contributed by atoms with van der Waals surface area (Å²) in [5.41, 5.74) is 9.37. The van der Waals surface area contributed by atoms with Crippen molar-refractivity contribution in [3.63, 3.8) is 0 Å². The van der Waals surface area contributed by atoms with Gasteiger partial charge in [-0.25, -0.2) is 10.4 Å². The highest BCUT2D eigenvalue weighted by molar-refractivity contribution is 5.83. The second-order valence-corrected chi connectivity index (χ2v) is 6.45. The van der Waals surface area contributed by atoms with E-state index >= 15 is 0 Å². The molecule has 11 heteroatoms. The van der Waals surface area contributed by atoms with Gasteiger partial charge in [0.05, 0.1) is 12.9 Å². The predicted octanol–water partition coefficient (Wildman–Crippen LogP) is -0.146. The number of nitrogens with two attached hydrogens (primary N) is 1. The number of anilines is 2. The number of hydrogen-bond acceptors (Lipinski definition) is 10. The topological polar surface area (TPSA) is 164 Å². The maximum Gasteiger partial charge on any atom is 0.247 e. The van der Waals surface area contributed by atoms with Gasteiger partial charge >= 0.3 is 0 Å². The van der Waals surface area contributed by atoms with Crippen LogP contribution >= 0.6 is 0 Å². The second kappa shape index (κ2) is 8.13. The molecule has 2 aromatic heterocycles. The van der Waals surface area contributed by atoms with Crippen LogP contribution < -0.4 is 11.2 Å². The molecular formula is C16H25N7O4. The number of imidazole rings is 1. The smallest absolute Gasteiger partial charge is 0.247 e. The molecule has 27 heavy (non-hydrogen) atoms. The summed E-state index contributed by atoms with van der Waals surface area (Å²) in [6, 6.07) is 0. The van der Waals surface area contributed by atoms with Gasteiger partial charge in [0.1, 0.15) is 23.8 Å². The third-order valence-corrected chi connectivity index (χ3v) is 4.74. The molecule has 11 nitrogen and oxygen atoms in total. The number of nitrogens with zero attached hydrogens (tertiary/aromatic N) is 5. The van der Waals surface area contributed by atoms with E-state index in [-0.39, 0.29) is 11.8 Å². The summed E-state index contributed by atoms with van der Waals surface area (Å²) >= 11 is 0. The number of aliphatic hydroxyl groups is 3. The Balaban J connectivity index is 1.89. The first-order valence-electron chi connectivity index (χ1n) is 8.91. The third-order valence-electron chi connectivity index (χ3n) is 4.74. The van der Waals surface area contributed by atoms with Crippen LogP contribution in [-0.2, 0) is 4.74 Å². The highest BCUT2D eigenvalue weighted by Gasteiger charge is 2.44. The number of aliphatic hydroxyl groups excluding tert-OH is 3. The van der Waals surface area contributed by atoms with Gasteiger partial charge in [0.2, 0.25) is 5.95 Å². The van der Waals surface area contributed by atoms with Crippen LogP contribution in [0.2, 0.25) is 0 Å². The Morgan fingerprint density at radius 1 is 1.33 bits per heavy atom. The zero-order valence-corrected chi connectivity index (χ0v) is 15.2. The van der Waals surface area contributed by atoms with Crippen molar-refractivity contribution in [2.45, 2.75) is 51.2 Å². The monoisotopic (exact) mass is 379 g/mol. The zero-order chi connectivity index (χ0) is 19.6. The molecule has 0 aromatic carbocycles. The van der Waals surface area contributed by atoms with E-state index in [9.17, 15) is 15.3 Å². The van der Waals surface area contributed by atoms with Crippen molar-refractivity contribution in [1.29, 1.82) is 0 Å². The Hall–Kier alpha value is -2.34. The quantitative estimate of drug-likeness (QED) is 0.325. The van der Waals surface area contributed by atoms with E-state index in [1.807, 2.05) is 0 Å². The number of hydrazone groups is 1. The van der Waals surface area contributed by atoms with E-state index in [2.05, 4.69) is 39.3 Å². The normalized spacial score (nSPS) is 25.9. The SMILES string of the molecule is CCC(/C=N/Nc1nc(N)c2ncn(C3OC(CO)C(O)C3O)c2n1)CC. The fourth-order valence-corrected chi connectivity index (χ4v) is 2.98. The van der Waals surface area contributed by atoms with Gasteiger partial charge in [-0.2, -0.15) is 15.1 Å². The number of fused-ring (bicyclic) bond motifs is 1. The minimum Gasteiger partial charge on any atom is -0.394 e. The Bertz CT molecular complexity index is 807. The number of nitrogen functional groups attached to an aromatic ring is 1. The van der Waals surface area contributed by atoms with Crippen molar-refractivity contribution in [2.75, 3.05) is 17.8 Å². The highest BCUT2D eigenvalue weighted by Crippen LogP contribution is 2.32. The van der Waals surface area contributed by atoms with Crippen molar-refractivity contribution in [3.05, 3.63) is 6.33 Å². The zero-order valence-electron chi connectivity index (χ0n) is 15.2. The van der Waals surface area contributed by atoms with Gasteiger partial charge < -0.3 is 25.8 Å². The fourth-order valence-electron chi connectivity index (χ4n) is 2.98. The number of aromatic nitrogens is 4. The molecule has 0 saturated carbocycles. The lowest BCUT2D eigenvalue weighted by atomic mass is 10.1. The van der Waals surface area contributed by atoms with Gasteiger partial charge in [-0.3, -0.25) is 4.57 Å². The molecule has 3 rings (SSSR count). The van der Waals surface area contributed by atoms with Gasteiger partial charge in [-0.15, -0.1) is 0 Å². The standard InChI is InChI=1S/C16H25N7O4/c1-3-8(4-2)5-19-22-16-20-13(17)10-14(21-16)23(7-18-10)15-12(26)11(25)9(6-24)27-15/h5,7-9,11-12,15,24-26H,3-4,6H2,1-2H3,(H3,17,20,21,22)/b19-5+. The molecule has 4 atom stereocenters. The molecule has 6 N–H and O–H groups in total. The van der Waals surface area contributed by atoms with Crippen LogP contribution in [0, 0.1) is 5.92 Å². The minimum atomic E-state index is -1.25. The molecule has 0 aliphatic carbocycles. The summed E-state index contributed by atoms with van der Waals surface area (Å²) in [6.07, 6.45) is 0.809. The van der Waals surface area contributed by atoms with Gasteiger partial charge in [0.25, 0.3) is 0 Å². The van der Waals surface area contributed by atoms with Gasteiger partial charge in [-0.05, 0) is 18.8 Å². The largest absolute Gasteiger partial charge is 0.394 e. The molecule has 3 heterocycles. The number of rotatable bonds is 7. The Morgan fingerprint density at radius 2 is 2.07 bits per heavy atom. The molecule has 0 spiro atoms. The third kappa shape index (κ3) is 3.72. The number of hydrogen-bond donors (Lipinski definition) is 5. The van der Waals surface area contributed by atoms with E-state index in [1.54, 1.807) is 6.21 Å². The summed E-state index contributed by atoms with van der Waals surface area (Å²) in [4.78, 5) is 12.6. The first kappa shape index (κ1) is 19.4. The lowest BCUT2D eigenvalue weighted by Gasteiger charge is -2.16. The maximum absolute atomic E-state index is 10.2. The van der Waals surface area contributed by atoms with Crippen LogP contribution in [0.1, 0.15) is 32.9 Å². The summed E-state index contributed by atoms with van der Waals surface area (Å²) in [7, 11) is 0. The number of nitrogens with one attached hydrogen (secondary N) is 1. The van der Waals surface area contributed by atoms with Crippen molar-refractivity contribution >= 4 is 29.1 Å². The molecular weight excluding hydrogens is 354 g/mol. The molecule has 1 aliphatic rings. The molecule has 4 unspecified atom stereocenters. The predicted molar refractivity (Wildman–Crippen MR) is 98.9 cm³/mol. The van der Waals surface area contributed by atoms with Crippen molar-refractivity contribution in [1.82, 2.24) is 19.5 Å². The van der Waals surface area contributed by atoms with Gasteiger partial charge in [-0.1, -0.05) is 13.8 Å². The van der Waals surface area contributed by atoms with E-state index in [4.69, 9.17) is 10.5 Å². The first-order valence-corrected chi connectivity index (χ1v) is 8.91. The minimum absolute atomic E-state index is 0.144. The van der Waals surface area contributed by atoms with Gasteiger partial charge in [0, 0.05) is 6.21 Å². The molecule has 0 radical (unpaired) electrons. The van der Waals surface area contributed by atoms with Crippen LogP contribution in [0.5, 0.6) is 0 Å². The first-order chi connectivity index (χ1) is 13.0. The molecule has 1 aliphatic heterocycles. The highest BCUT2D eigenvalue weighted by atomic mass is 16.6. The van der Waals surface area contributed by atoms with E-state index in [1.165, 1.54) is 10.9 Å². The maximum atomic E-state index is 10.2. The van der Waals surface area contributed by atoms with Gasteiger partial charge in [0.15, 0.2) is 17.7 Å². The molecule has 0 bridgehead atoms. The van der Waals surface area contributed by atoms with Crippen LogP contribution in [0.15, 0.2) is 11.4 Å². The Morgan fingerprint density at radius 3 is 2.70 bits per heavy atom. The molecule has 1 saturated heterocycles. The van der Waals surface area contributed by atoms with Crippen molar-refractivity contribution in [3.8, 4) is 0 Å².